The molecule has 0 aliphatic heterocycles. The van der Waals surface area contributed by atoms with Crippen LogP contribution in [0.3, 0.4) is 0 Å². The van der Waals surface area contributed by atoms with Crippen molar-refractivity contribution >= 4 is 19.1 Å². The standard InChI is InChI=1S/2C17H15.2C2H5.2CH3.Hf.H2Si/c2*1-12-6-3-7-13(2)17(12)16-11-5-9-14-8-4-10-15(14)16;2*1-2;;;;/h2*3-11H,1-2H3;2*1H2,2H3;2*1H3;;1H2. The van der Waals surface area contributed by atoms with Gasteiger partial charge in [0.15, 0.2) is 0 Å². The van der Waals surface area contributed by atoms with Gasteiger partial charge in [-0.2, -0.15) is 0 Å². The summed E-state index contributed by atoms with van der Waals surface area (Å²) in [5.41, 5.74) is 17.0. The molecule has 0 bridgehead atoms. The minimum atomic E-state index is -4.90. The van der Waals surface area contributed by atoms with E-state index in [-0.39, 0.29) is 0 Å². The van der Waals surface area contributed by atoms with E-state index in [4.69, 9.17) is 0 Å². The normalized spacial score (nSPS) is 20.0. The van der Waals surface area contributed by atoms with Crippen molar-refractivity contribution in [2.24, 2.45) is 0 Å². The molecule has 2 unspecified atom stereocenters. The summed E-state index contributed by atoms with van der Waals surface area (Å²) in [4.78, 5) is 0. The average molecular weight is 735 g/mol. The van der Waals surface area contributed by atoms with Crippen LogP contribution in [0.25, 0.3) is 34.4 Å². The molecule has 0 saturated carbocycles. The van der Waals surface area contributed by atoms with Gasteiger partial charge in [-0.25, -0.2) is 0 Å². The Morgan fingerprint density at radius 2 is 0.881 bits per heavy atom. The van der Waals surface area contributed by atoms with E-state index < -0.39 is 14.2 Å². The van der Waals surface area contributed by atoms with Gasteiger partial charge in [-0.15, -0.1) is 0 Å². The molecule has 0 fully saturated rings. The topological polar surface area (TPSA) is 0 Å². The van der Waals surface area contributed by atoms with Gasteiger partial charge in [-0.05, 0) is 0 Å². The van der Waals surface area contributed by atoms with E-state index in [1.165, 1.54) is 64.0 Å². The molecule has 2 aliphatic rings. The van der Waals surface area contributed by atoms with Crippen LogP contribution in [0.15, 0.2) is 84.9 Å². The van der Waals surface area contributed by atoms with Crippen molar-refractivity contribution in [2.45, 2.75) is 66.6 Å². The van der Waals surface area contributed by atoms with Crippen molar-refractivity contribution in [3.63, 3.8) is 0 Å². The number of allylic oxidation sites excluding steroid dienone is 2. The van der Waals surface area contributed by atoms with Crippen molar-refractivity contribution in [3.05, 3.63) is 129 Å². The van der Waals surface area contributed by atoms with E-state index in [9.17, 15) is 0 Å². The Kier molecular flexibility index (Phi) is 6.16. The van der Waals surface area contributed by atoms with Crippen LogP contribution in [-0.4, -0.2) is 6.94 Å². The summed E-state index contributed by atoms with van der Waals surface area (Å²) in [5.74, 6) is 0. The molecule has 2 heteroatoms. The predicted molar refractivity (Wildman–Crippen MR) is 187 cm³/mol. The summed E-state index contributed by atoms with van der Waals surface area (Å²) in [6, 6.07) is 27.7. The fourth-order valence-corrected chi connectivity index (χ4v) is 44.1. The quantitative estimate of drug-likeness (QED) is 0.173. The molecule has 2 aliphatic carbocycles. The first kappa shape index (κ1) is 29.5. The van der Waals surface area contributed by atoms with Crippen LogP contribution < -0.4 is 0 Å². The van der Waals surface area contributed by atoms with Crippen molar-refractivity contribution in [3.8, 4) is 22.3 Å². The molecule has 0 heterocycles. The van der Waals surface area contributed by atoms with Gasteiger partial charge in [0.05, 0.1) is 0 Å². The first-order valence-corrected chi connectivity index (χ1v) is 40.8. The molecule has 0 saturated heterocycles. The molecule has 0 spiro atoms. The summed E-state index contributed by atoms with van der Waals surface area (Å²) < 4.78 is 9.03. The first-order valence-electron chi connectivity index (χ1n) is 16.0. The van der Waals surface area contributed by atoms with E-state index in [1.54, 1.807) is 11.1 Å². The number of hydrogen-bond acceptors (Lipinski definition) is 0. The summed E-state index contributed by atoms with van der Waals surface area (Å²) in [5, 5.41) is 0. The van der Waals surface area contributed by atoms with Crippen molar-refractivity contribution < 1.29 is 14.2 Å². The summed E-state index contributed by atoms with van der Waals surface area (Å²) in [6.07, 6.45) is 10.3. The fraction of sp³-hybridized carbons (Fsp3) is 0.300. The maximum absolute atomic E-state index is 4.90. The van der Waals surface area contributed by atoms with Gasteiger partial charge in [-0.3, -0.25) is 0 Å². The Morgan fingerprint density at radius 1 is 0.548 bits per heavy atom. The van der Waals surface area contributed by atoms with Gasteiger partial charge in [0.1, 0.15) is 0 Å². The van der Waals surface area contributed by atoms with Gasteiger partial charge >= 0.3 is 252 Å². The Labute approximate surface area is 250 Å². The van der Waals surface area contributed by atoms with Gasteiger partial charge < -0.3 is 0 Å². The molecule has 0 nitrogen and oxygen atoms in total. The van der Waals surface area contributed by atoms with Crippen LogP contribution in [0.2, 0.25) is 17.7 Å². The Balaban J connectivity index is 1.61. The second-order valence-corrected chi connectivity index (χ2v) is 95.0. The summed E-state index contributed by atoms with van der Waals surface area (Å²) in [7, 11) is 0. The third kappa shape index (κ3) is 3.73. The zero-order valence-electron chi connectivity index (χ0n) is 27.0. The molecular weight excluding hydrogens is 687 g/mol. The Hall–Kier alpha value is -2.55. The van der Waals surface area contributed by atoms with E-state index in [0.717, 1.165) is 0 Å². The SMILES string of the molecule is C[CH2][Hf]([CH3])([CH3])(=[SiH2])([CH2]C)([CH]1C=Cc2c(-c3c(C)cccc3C)cccc21)[CH]1C=Cc2c(-c3c(C)cccc3C)cccc21. The molecule has 4 aromatic carbocycles. The molecule has 0 amide bonds. The zero-order chi connectivity index (χ0) is 30.2. The monoisotopic (exact) mass is 736 g/mol. The molecule has 2 atom stereocenters. The van der Waals surface area contributed by atoms with Gasteiger partial charge in [0.25, 0.3) is 0 Å². The predicted octanol–water partition coefficient (Wildman–Crippen LogP) is 11.4. The fourth-order valence-electron chi connectivity index (χ4n) is 9.28. The third-order valence-electron chi connectivity index (χ3n) is 13.5. The van der Waals surface area contributed by atoms with Gasteiger partial charge in [0, 0.05) is 0 Å². The molecule has 6 rings (SSSR count). The van der Waals surface area contributed by atoms with Gasteiger partial charge in [0.2, 0.25) is 0 Å². The van der Waals surface area contributed by atoms with Crippen LogP contribution in [0.5, 0.6) is 0 Å². The average Bonchev–Trinajstić information content (AvgIpc) is 3.61. The van der Waals surface area contributed by atoms with Crippen LogP contribution in [0.4, 0.5) is 0 Å². The molecular formula is C40H48HfSi. The second kappa shape index (κ2) is 8.76. The summed E-state index contributed by atoms with van der Waals surface area (Å²) >= 11 is -4.90. The number of fused-ring (bicyclic) bond motifs is 2. The van der Waals surface area contributed by atoms with Crippen molar-refractivity contribution in [2.75, 3.05) is 0 Å². The second-order valence-electron chi connectivity index (χ2n) is 16.4. The number of rotatable bonds is 6. The van der Waals surface area contributed by atoms with E-state index >= 15 is 0 Å². The molecule has 0 radical (unpaired) electrons. The first-order chi connectivity index (χ1) is 19.7. The third-order valence-corrected chi connectivity index (χ3v) is 76.7. The number of aryl methyl sites for hydroxylation is 4. The van der Waals surface area contributed by atoms with Crippen LogP contribution in [0.1, 0.15) is 65.7 Å². The molecule has 0 N–H and O–H groups in total. The minimum absolute atomic E-state index is 0.436. The van der Waals surface area contributed by atoms with Crippen LogP contribution in [0, 0.1) is 27.7 Å². The molecule has 42 heavy (non-hydrogen) atoms. The van der Waals surface area contributed by atoms with E-state index in [0.29, 0.717) is 7.35 Å². The summed E-state index contributed by atoms with van der Waals surface area (Å²) in [6.45, 7) is 16.6. The van der Waals surface area contributed by atoms with Gasteiger partial charge in [-0.1, -0.05) is 0 Å². The molecule has 216 valence electrons. The Bertz CT molecular complexity index is 1810. The number of hydrogen-bond donors (Lipinski definition) is 0. The van der Waals surface area contributed by atoms with Crippen molar-refractivity contribution in [1.29, 1.82) is 0 Å². The Morgan fingerprint density at radius 3 is 1.21 bits per heavy atom. The van der Waals surface area contributed by atoms with Crippen molar-refractivity contribution in [1.82, 2.24) is 0 Å². The molecule has 4 aromatic rings. The zero-order valence-corrected chi connectivity index (χ0v) is 32.0. The van der Waals surface area contributed by atoms with Crippen LogP contribution in [-0.2, 0) is 14.2 Å². The van der Waals surface area contributed by atoms with Crippen LogP contribution >= 0.6 is 0 Å². The molecule has 0 aromatic heterocycles. The number of benzene rings is 4. The maximum atomic E-state index is 2.84. The van der Waals surface area contributed by atoms with E-state index in [1.807, 2.05) is 0 Å². The van der Waals surface area contributed by atoms with E-state index in [2.05, 4.69) is 155 Å².